The summed E-state index contributed by atoms with van der Waals surface area (Å²) in [6, 6.07) is 10.1. The molecule has 0 aliphatic heterocycles. The Hall–Kier alpha value is -1.36. The maximum absolute atomic E-state index is 5.72. The van der Waals surface area contributed by atoms with Crippen molar-refractivity contribution in [2.45, 2.75) is 13.1 Å². The van der Waals surface area contributed by atoms with Crippen molar-refractivity contribution in [2.24, 2.45) is 5.73 Å². The van der Waals surface area contributed by atoms with E-state index in [9.17, 15) is 0 Å². The number of nitrogens with zero attached hydrogens (tertiary/aromatic N) is 1. The van der Waals surface area contributed by atoms with Gasteiger partial charge in [-0.05, 0) is 47.1 Å². The summed E-state index contributed by atoms with van der Waals surface area (Å²) in [4.78, 5) is 2.26. The van der Waals surface area contributed by atoms with Crippen molar-refractivity contribution in [3.63, 3.8) is 0 Å². The van der Waals surface area contributed by atoms with Gasteiger partial charge in [0.25, 0.3) is 0 Å². The van der Waals surface area contributed by atoms with Crippen LogP contribution < -0.4 is 10.5 Å². The predicted molar refractivity (Wildman–Crippen MR) is 80.5 cm³/mol. The second-order valence-corrected chi connectivity index (χ2v) is 5.35. The smallest absolute Gasteiger partial charge is 0.119 e. The number of hydrogen-bond donors (Lipinski definition) is 1. The highest BCUT2D eigenvalue weighted by molar-refractivity contribution is 7.07. The van der Waals surface area contributed by atoms with Crippen molar-refractivity contribution < 1.29 is 4.74 Å². The molecule has 0 amide bonds. The molecule has 0 atom stereocenters. The Balaban J connectivity index is 1.70. The van der Waals surface area contributed by atoms with Crippen LogP contribution in [0.15, 0.2) is 41.1 Å². The van der Waals surface area contributed by atoms with Crippen LogP contribution in [-0.2, 0) is 13.1 Å². The lowest BCUT2D eigenvalue weighted by molar-refractivity contribution is 0.233. The van der Waals surface area contributed by atoms with E-state index in [1.165, 1.54) is 5.56 Å². The SMILES string of the molecule is CN(CCOc1ccc(CN)cc1)Cc1ccsc1. The quantitative estimate of drug-likeness (QED) is 0.845. The molecule has 0 radical (unpaired) electrons. The zero-order valence-corrected chi connectivity index (χ0v) is 12.0. The third-order valence-electron chi connectivity index (χ3n) is 2.93. The van der Waals surface area contributed by atoms with E-state index in [0.717, 1.165) is 24.4 Å². The van der Waals surface area contributed by atoms with Gasteiger partial charge in [-0.1, -0.05) is 12.1 Å². The van der Waals surface area contributed by atoms with Crippen LogP contribution in [0.3, 0.4) is 0 Å². The molecule has 0 fully saturated rings. The molecule has 0 saturated heterocycles. The van der Waals surface area contributed by atoms with Gasteiger partial charge in [-0.15, -0.1) is 0 Å². The fraction of sp³-hybridized carbons (Fsp3) is 0.333. The number of hydrogen-bond acceptors (Lipinski definition) is 4. The molecule has 1 aromatic heterocycles. The van der Waals surface area contributed by atoms with Gasteiger partial charge in [-0.25, -0.2) is 0 Å². The highest BCUT2D eigenvalue weighted by Crippen LogP contribution is 2.12. The van der Waals surface area contributed by atoms with Crippen molar-refractivity contribution in [2.75, 3.05) is 20.2 Å². The van der Waals surface area contributed by atoms with E-state index in [0.29, 0.717) is 13.2 Å². The van der Waals surface area contributed by atoms with Crippen molar-refractivity contribution in [3.8, 4) is 5.75 Å². The number of ether oxygens (including phenoxy) is 1. The molecule has 1 heterocycles. The summed E-state index contributed by atoms with van der Waals surface area (Å²) < 4.78 is 5.72. The third-order valence-corrected chi connectivity index (χ3v) is 3.67. The Morgan fingerprint density at radius 3 is 2.58 bits per heavy atom. The van der Waals surface area contributed by atoms with E-state index in [2.05, 4.69) is 28.8 Å². The lowest BCUT2D eigenvalue weighted by Crippen LogP contribution is -2.23. The first kappa shape index (κ1) is 14.1. The Bertz CT molecular complexity index is 467. The van der Waals surface area contributed by atoms with Gasteiger partial charge >= 0.3 is 0 Å². The maximum atomic E-state index is 5.72. The molecule has 2 aromatic rings. The standard InChI is InChI=1S/C15H20N2OS/c1-17(11-14-6-9-19-12-14)7-8-18-15-4-2-13(10-16)3-5-15/h2-6,9,12H,7-8,10-11,16H2,1H3. The van der Waals surface area contributed by atoms with Crippen LogP contribution in [0.5, 0.6) is 5.75 Å². The molecule has 19 heavy (non-hydrogen) atoms. The Labute approximate surface area is 118 Å². The first-order valence-corrected chi connectivity index (χ1v) is 7.33. The molecule has 2 N–H and O–H groups in total. The number of benzene rings is 1. The van der Waals surface area contributed by atoms with Crippen LogP contribution in [-0.4, -0.2) is 25.1 Å². The van der Waals surface area contributed by atoms with Crippen molar-refractivity contribution in [3.05, 3.63) is 52.2 Å². The predicted octanol–water partition coefficient (Wildman–Crippen LogP) is 2.72. The van der Waals surface area contributed by atoms with Crippen molar-refractivity contribution in [1.29, 1.82) is 0 Å². The highest BCUT2D eigenvalue weighted by atomic mass is 32.1. The number of thiophene rings is 1. The third kappa shape index (κ3) is 4.67. The van der Waals surface area contributed by atoms with E-state index >= 15 is 0 Å². The molecule has 0 bridgehead atoms. The highest BCUT2D eigenvalue weighted by Gasteiger charge is 2.01. The minimum absolute atomic E-state index is 0.573. The van der Waals surface area contributed by atoms with Gasteiger partial charge in [-0.2, -0.15) is 11.3 Å². The molecular formula is C15H20N2OS. The maximum Gasteiger partial charge on any atom is 0.119 e. The molecular weight excluding hydrogens is 256 g/mol. The normalized spacial score (nSPS) is 10.9. The second-order valence-electron chi connectivity index (χ2n) is 4.57. The summed E-state index contributed by atoms with van der Waals surface area (Å²) in [5.41, 5.74) is 8.05. The molecule has 3 nitrogen and oxygen atoms in total. The van der Waals surface area contributed by atoms with E-state index < -0.39 is 0 Å². The van der Waals surface area contributed by atoms with Gasteiger partial charge in [-0.3, -0.25) is 4.90 Å². The monoisotopic (exact) mass is 276 g/mol. The van der Waals surface area contributed by atoms with Gasteiger partial charge < -0.3 is 10.5 Å². The Kier molecular flexibility index (Phi) is 5.39. The van der Waals surface area contributed by atoms with Crippen molar-refractivity contribution in [1.82, 2.24) is 4.90 Å². The van der Waals surface area contributed by atoms with Crippen LogP contribution in [0.25, 0.3) is 0 Å². The summed E-state index contributed by atoms with van der Waals surface area (Å²) in [6.07, 6.45) is 0. The summed E-state index contributed by atoms with van der Waals surface area (Å²) >= 11 is 1.74. The van der Waals surface area contributed by atoms with Gasteiger partial charge in [0.2, 0.25) is 0 Å². The lowest BCUT2D eigenvalue weighted by atomic mass is 10.2. The number of rotatable bonds is 7. The molecule has 102 valence electrons. The summed E-state index contributed by atoms with van der Waals surface area (Å²) in [7, 11) is 2.11. The zero-order chi connectivity index (χ0) is 13.5. The summed E-state index contributed by atoms with van der Waals surface area (Å²) in [6.45, 7) is 3.15. The van der Waals surface area contributed by atoms with Crippen LogP contribution >= 0.6 is 11.3 Å². The van der Waals surface area contributed by atoms with Crippen molar-refractivity contribution >= 4 is 11.3 Å². The van der Waals surface area contributed by atoms with E-state index in [4.69, 9.17) is 10.5 Å². The average molecular weight is 276 g/mol. The fourth-order valence-corrected chi connectivity index (χ4v) is 2.47. The largest absolute Gasteiger partial charge is 0.492 e. The number of likely N-dealkylation sites (N-methyl/N-ethyl adjacent to an activating group) is 1. The average Bonchev–Trinajstić information content (AvgIpc) is 2.92. The van der Waals surface area contributed by atoms with E-state index in [1.807, 2.05) is 24.3 Å². The molecule has 0 aliphatic carbocycles. The minimum Gasteiger partial charge on any atom is -0.492 e. The molecule has 1 aromatic carbocycles. The second kappa shape index (κ2) is 7.28. The molecule has 0 saturated carbocycles. The lowest BCUT2D eigenvalue weighted by Gasteiger charge is -2.16. The van der Waals surface area contributed by atoms with Crippen LogP contribution in [0.1, 0.15) is 11.1 Å². The van der Waals surface area contributed by atoms with E-state index in [1.54, 1.807) is 11.3 Å². The zero-order valence-electron chi connectivity index (χ0n) is 11.2. The topological polar surface area (TPSA) is 38.5 Å². The Morgan fingerprint density at radius 1 is 1.16 bits per heavy atom. The van der Waals surface area contributed by atoms with Gasteiger partial charge in [0, 0.05) is 19.6 Å². The van der Waals surface area contributed by atoms with Crippen LogP contribution in [0.4, 0.5) is 0 Å². The molecule has 0 unspecified atom stereocenters. The van der Waals surface area contributed by atoms with Gasteiger partial charge in [0.1, 0.15) is 12.4 Å². The molecule has 2 rings (SSSR count). The van der Waals surface area contributed by atoms with Crippen LogP contribution in [0.2, 0.25) is 0 Å². The van der Waals surface area contributed by atoms with Gasteiger partial charge in [0.05, 0.1) is 0 Å². The molecule has 0 aliphatic rings. The Morgan fingerprint density at radius 2 is 1.95 bits per heavy atom. The first-order valence-electron chi connectivity index (χ1n) is 6.39. The fourth-order valence-electron chi connectivity index (χ4n) is 1.81. The van der Waals surface area contributed by atoms with Crippen LogP contribution in [0, 0.1) is 0 Å². The molecule has 0 spiro atoms. The summed E-state index contributed by atoms with van der Waals surface area (Å²) in [5.74, 6) is 0.904. The van der Waals surface area contributed by atoms with E-state index in [-0.39, 0.29) is 0 Å². The number of nitrogens with two attached hydrogens (primary N) is 1. The molecule has 4 heteroatoms. The first-order chi connectivity index (χ1) is 9.28. The van der Waals surface area contributed by atoms with Gasteiger partial charge in [0.15, 0.2) is 0 Å². The summed E-state index contributed by atoms with van der Waals surface area (Å²) in [5, 5.41) is 4.29. The minimum atomic E-state index is 0.573.